The lowest BCUT2D eigenvalue weighted by molar-refractivity contribution is -0.115. The quantitative estimate of drug-likeness (QED) is 0.603. The van der Waals surface area contributed by atoms with Gasteiger partial charge in [-0.25, -0.2) is 4.98 Å². The molecule has 0 aromatic carbocycles. The van der Waals surface area contributed by atoms with Crippen molar-refractivity contribution in [3.8, 4) is 5.75 Å². The summed E-state index contributed by atoms with van der Waals surface area (Å²) in [5.41, 5.74) is 0. The molecule has 1 heterocycles. The Morgan fingerprint density at radius 2 is 2.41 bits per heavy atom. The van der Waals surface area contributed by atoms with Crippen LogP contribution in [-0.4, -0.2) is 23.4 Å². The Balaban J connectivity index is 2.50. The summed E-state index contributed by atoms with van der Waals surface area (Å²) in [5, 5.41) is 2.66. The first kappa shape index (κ1) is 13.8. The predicted molar refractivity (Wildman–Crippen MR) is 68.6 cm³/mol. The van der Waals surface area contributed by atoms with E-state index in [-0.39, 0.29) is 12.3 Å². The fourth-order valence-corrected chi connectivity index (χ4v) is 1.37. The minimum atomic E-state index is -0.141. The summed E-state index contributed by atoms with van der Waals surface area (Å²) in [6, 6.07) is 3.48. The first-order valence-electron chi connectivity index (χ1n) is 5.71. The molecule has 1 rings (SSSR count). The third-order valence-corrected chi connectivity index (χ3v) is 2.28. The molecular formula is C12H17ClN2O2. The average Bonchev–Trinajstić information content (AvgIpc) is 2.30. The van der Waals surface area contributed by atoms with Crippen molar-refractivity contribution in [1.82, 2.24) is 4.98 Å². The number of halogens is 1. The molecule has 0 fully saturated rings. The molecule has 4 nitrogen and oxygen atoms in total. The Labute approximate surface area is 106 Å². The summed E-state index contributed by atoms with van der Waals surface area (Å²) >= 11 is 5.47. The van der Waals surface area contributed by atoms with Crippen molar-refractivity contribution in [2.45, 2.75) is 26.2 Å². The van der Waals surface area contributed by atoms with Crippen LogP contribution in [0.3, 0.4) is 0 Å². The van der Waals surface area contributed by atoms with Crippen molar-refractivity contribution in [1.29, 1.82) is 0 Å². The van der Waals surface area contributed by atoms with E-state index in [0.29, 0.717) is 18.3 Å². The molecule has 1 N–H and O–H groups in total. The van der Waals surface area contributed by atoms with E-state index in [9.17, 15) is 4.79 Å². The topological polar surface area (TPSA) is 51.2 Å². The van der Waals surface area contributed by atoms with Gasteiger partial charge in [0.2, 0.25) is 5.91 Å². The summed E-state index contributed by atoms with van der Waals surface area (Å²) < 4.78 is 5.51. The highest BCUT2D eigenvalue weighted by Crippen LogP contribution is 2.15. The van der Waals surface area contributed by atoms with Crippen molar-refractivity contribution in [3.63, 3.8) is 0 Å². The SMILES string of the molecule is CCCCOc1ccnc(NC(=O)CCCl)c1. The fraction of sp³-hybridized carbons (Fsp3) is 0.500. The van der Waals surface area contributed by atoms with Crippen molar-refractivity contribution in [3.05, 3.63) is 18.3 Å². The van der Waals surface area contributed by atoms with Crippen LogP contribution in [0.2, 0.25) is 0 Å². The van der Waals surface area contributed by atoms with Gasteiger partial charge in [0.25, 0.3) is 0 Å². The zero-order valence-electron chi connectivity index (χ0n) is 9.91. The third kappa shape index (κ3) is 5.54. The number of hydrogen-bond donors (Lipinski definition) is 1. The van der Waals surface area contributed by atoms with E-state index in [2.05, 4.69) is 17.2 Å². The smallest absolute Gasteiger partial charge is 0.226 e. The highest BCUT2D eigenvalue weighted by Gasteiger charge is 2.03. The zero-order valence-corrected chi connectivity index (χ0v) is 10.7. The molecule has 1 amide bonds. The Morgan fingerprint density at radius 3 is 3.12 bits per heavy atom. The number of nitrogens with one attached hydrogen (secondary N) is 1. The second-order valence-electron chi connectivity index (χ2n) is 3.57. The second-order valence-corrected chi connectivity index (χ2v) is 3.94. The van der Waals surface area contributed by atoms with Crippen molar-refractivity contribution < 1.29 is 9.53 Å². The van der Waals surface area contributed by atoms with Crippen LogP contribution in [0.15, 0.2) is 18.3 Å². The van der Waals surface area contributed by atoms with Gasteiger partial charge in [0.15, 0.2) is 0 Å². The van der Waals surface area contributed by atoms with E-state index in [1.807, 2.05) is 0 Å². The number of aromatic nitrogens is 1. The van der Waals surface area contributed by atoms with Crippen LogP contribution in [0.25, 0.3) is 0 Å². The molecule has 0 saturated carbocycles. The molecule has 0 atom stereocenters. The normalized spacial score (nSPS) is 10.0. The summed E-state index contributed by atoms with van der Waals surface area (Å²) in [5.74, 6) is 1.38. The molecule has 94 valence electrons. The van der Waals surface area contributed by atoms with E-state index in [0.717, 1.165) is 18.6 Å². The molecule has 0 unspecified atom stereocenters. The number of pyridine rings is 1. The van der Waals surface area contributed by atoms with Crippen molar-refractivity contribution in [2.75, 3.05) is 17.8 Å². The monoisotopic (exact) mass is 256 g/mol. The average molecular weight is 257 g/mol. The van der Waals surface area contributed by atoms with Crippen LogP contribution >= 0.6 is 11.6 Å². The van der Waals surface area contributed by atoms with Gasteiger partial charge >= 0.3 is 0 Å². The number of hydrogen-bond acceptors (Lipinski definition) is 3. The highest BCUT2D eigenvalue weighted by atomic mass is 35.5. The van der Waals surface area contributed by atoms with Crippen LogP contribution in [0.1, 0.15) is 26.2 Å². The zero-order chi connectivity index (χ0) is 12.5. The molecule has 1 aromatic heterocycles. The summed E-state index contributed by atoms with van der Waals surface area (Å²) in [6.07, 6.45) is 3.99. The molecule has 0 aliphatic heterocycles. The molecular weight excluding hydrogens is 240 g/mol. The van der Waals surface area contributed by atoms with E-state index >= 15 is 0 Å². The number of ether oxygens (including phenoxy) is 1. The predicted octanol–water partition coefficient (Wildman–Crippen LogP) is 2.83. The summed E-state index contributed by atoms with van der Waals surface area (Å²) in [4.78, 5) is 15.3. The molecule has 0 bridgehead atoms. The molecule has 5 heteroatoms. The lowest BCUT2D eigenvalue weighted by Gasteiger charge is -2.07. The van der Waals surface area contributed by atoms with Crippen LogP contribution < -0.4 is 10.1 Å². The number of carbonyl (C=O) groups excluding carboxylic acids is 1. The number of anilines is 1. The number of alkyl halides is 1. The lowest BCUT2D eigenvalue weighted by atomic mass is 10.3. The van der Waals surface area contributed by atoms with Gasteiger partial charge in [-0.05, 0) is 12.5 Å². The molecule has 0 spiro atoms. The van der Waals surface area contributed by atoms with Crippen molar-refractivity contribution >= 4 is 23.3 Å². The minimum absolute atomic E-state index is 0.141. The molecule has 0 aliphatic carbocycles. The highest BCUT2D eigenvalue weighted by molar-refractivity contribution is 6.19. The van der Waals surface area contributed by atoms with Gasteiger partial charge in [0.05, 0.1) is 6.61 Å². The van der Waals surface area contributed by atoms with Gasteiger partial charge in [-0.15, -0.1) is 11.6 Å². The fourth-order valence-electron chi connectivity index (χ4n) is 1.19. The standard InChI is InChI=1S/C12H17ClN2O2/c1-2-3-8-17-10-5-7-14-11(9-10)15-12(16)4-6-13/h5,7,9H,2-4,6,8H2,1H3,(H,14,15,16). The summed E-state index contributed by atoms with van der Waals surface area (Å²) in [6.45, 7) is 2.78. The minimum Gasteiger partial charge on any atom is -0.493 e. The number of carbonyl (C=O) groups is 1. The maximum Gasteiger partial charge on any atom is 0.226 e. The summed E-state index contributed by atoms with van der Waals surface area (Å²) in [7, 11) is 0. The molecule has 0 radical (unpaired) electrons. The van der Waals surface area contributed by atoms with Gasteiger partial charge in [-0.2, -0.15) is 0 Å². The van der Waals surface area contributed by atoms with Crippen LogP contribution in [0.4, 0.5) is 5.82 Å². The number of rotatable bonds is 7. The number of amides is 1. The van der Waals surface area contributed by atoms with Gasteiger partial charge in [0.1, 0.15) is 11.6 Å². The van der Waals surface area contributed by atoms with Crippen LogP contribution in [-0.2, 0) is 4.79 Å². The molecule has 0 aliphatic rings. The van der Waals surface area contributed by atoms with E-state index < -0.39 is 0 Å². The molecule has 0 saturated heterocycles. The third-order valence-electron chi connectivity index (χ3n) is 2.09. The lowest BCUT2D eigenvalue weighted by Crippen LogP contribution is -2.12. The number of unbranched alkanes of at least 4 members (excludes halogenated alkanes) is 1. The largest absolute Gasteiger partial charge is 0.493 e. The van der Waals surface area contributed by atoms with Crippen molar-refractivity contribution in [2.24, 2.45) is 0 Å². The number of nitrogens with zero attached hydrogens (tertiary/aromatic N) is 1. The second kappa shape index (κ2) is 7.90. The van der Waals surface area contributed by atoms with Gasteiger partial charge in [-0.1, -0.05) is 13.3 Å². The maximum absolute atomic E-state index is 11.3. The Kier molecular flexibility index (Phi) is 6.40. The first-order chi connectivity index (χ1) is 8.26. The molecule has 17 heavy (non-hydrogen) atoms. The Hall–Kier alpha value is -1.29. The van der Waals surface area contributed by atoms with Crippen LogP contribution in [0.5, 0.6) is 5.75 Å². The van der Waals surface area contributed by atoms with E-state index in [1.54, 1.807) is 18.3 Å². The Morgan fingerprint density at radius 1 is 1.59 bits per heavy atom. The Bertz CT molecular complexity index is 358. The van der Waals surface area contributed by atoms with E-state index in [4.69, 9.17) is 16.3 Å². The maximum atomic E-state index is 11.3. The van der Waals surface area contributed by atoms with Gasteiger partial charge in [-0.3, -0.25) is 4.79 Å². The molecule has 1 aromatic rings. The van der Waals surface area contributed by atoms with Gasteiger partial charge in [0, 0.05) is 24.6 Å². The van der Waals surface area contributed by atoms with E-state index in [1.165, 1.54) is 0 Å². The van der Waals surface area contributed by atoms with Gasteiger partial charge < -0.3 is 10.1 Å². The first-order valence-corrected chi connectivity index (χ1v) is 6.24. The van der Waals surface area contributed by atoms with Crippen LogP contribution in [0, 0.1) is 0 Å².